The molecule has 0 unspecified atom stereocenters. The van der Waals surface area contributed by atoms with Gasteiger partial charge >= 0.3 is 8.56 Å². The number of hydrogen-bond donors (Lipinski definition) is 0. The minimum absolute atomic E-state index is 1.12. The van der Waals surface area contributed by atoms with Crippen molar-refractivity contribution in [3.8, 4) is 0 Å². The van der Waals surface area contributed by atoms with Crippen LogP contribution in [0.3, 0.4) is 0 Å². The number of allylic oxidation sites excluding steroid dienone is 2. The van der Waals surface area contributed by atoms with Gasteiger partial charge in [0.25, 0.3) is 0 Å². The monoisotopic (exact) mass is 334 g/mol. The fourth-order valence-electron chi connectivity index (χ4n) is 4.25. The van der Waals surface area contributed by atoms with Gasteiger partial charge in [0.1, 0.15) is 0 Å². The van der Waals surface area contributed by atoms with Crippen molar-refractivity contribution < 1.29 is 8.85 Å². The minimum Gasteiger partial charge on any atom is -0.391 e. The van der Waals surface area contributed by atoms with Gasteiger partial charge in [0.15, 0.2) is 0 Å². The lowest BCUT2D eigenvalue weighted by atomic mass is 10.0. The first-order valence-electron chi connectivity index (χ1n) is 8.50. The zero-order valence-corrected chi connectivity index (χ0v) is 15.2. The molecule has 1 fully saturated rings. The molecule has 0 atom stereocenters. The SMILES string of the molecule is CO[Si]1(OC)C(c2ccccc2)=C2CCCC2=C1c1ccccc1. The molecule has 0 spiro atoms. The normalized spacial score (nSPS) is 19.1. The molecule has 1 aliphatic carbocycles. The van der Waals surface area contributed by atoms with E-state index in [-0.39, 0.29) is 0 Å². The fraction of sp³-hybridized carbons (Fsp3) is 0.238. The summed E-state index contributed by atoms with van der Waals surface area (Å²) >= 11 is 0. The molecule has 24 heavy (non-hydrogen) atoms. The predicted octanol–water partition coefficient (Wildman–Crippen LogP) is 4.90. The molecule has 4 rings (SSSR count). The Bertz CT molecular complexity index is 737. The van der Waals surface area contributed by atoms with Crippen LogP contribution in [-0.4, -0.2) is 22.8 Å². The van der Waals surface area contributed by atoms with Crippen LogP contribution in [0.4, 0.5) is 0 Å². The van der Waals surface area contributed by atoms with Crippen molar-refractivity contribution >= 4 is 19.0 Å². The van der Waals surface area contributed by atoms with Crippen molar-refractivity contribution in [1.29, 1.82) is 0 Å². The summed E-state index contributed by atoms with van der Waals surface area (Å²) in [4.78, 5) is 0. The second-order valence-corrected chi connectivity index (χ2v) is 9.37. The molecular weight excluding hydrogens is 312 g/mol. The van der Waals surface area contributed by atoms with Crippen molar-refractivity contribution in [3.63, 3.8) is 0 Å². The van der Waals surface area contributed by atoms with Crippen molar-refractivity contribution in [2.45, 2.75) is 19.3 Å². The molecule has 2 aromatic carbocycles. The Kier molecular flexibility index (Phi) is 4.00. The Morgan fingerprint density at radius 2 is 1.08 bits per heavy atom. The van der Waals surface area contributed by atoms with E-state index >= 15 is 0 Å². The maximum Gasteiger partial charge on any atom is 0.408 e. The Labute approximate surface area is 144 Å². The molecule has 0 bridgehead atoms. The first kappa shape index (κ1) is 15.6. The van der Waals surface area contributed by atoms with E-state index in [1.165, 1.54) is 39.1 Å². The third-order valence-corrected chi connectivity index (χ3v) is 8.83. The summed E-state index contributed by atoms with van der Waals surface area (Å²) in [6.07, 6.45) is 3.46. The molecule has 0 aromatic heterocycles. The highest BCUT2D eigenvalue weighted by Crippen LogP contribution is 2.54. The summed E-state index contributed by atoms with van der Waals surface area (Å²) < 4.78 is 12.4. The summed E-state index contributed by atoms with van der Waals surface area (Å²) in [5.41, 5.74) is 5.42. The van der Waals surface area contributed by atoms with Crippen LogP contribution in [0.15, 0.2) is 71.8 Å². The maximum absolute atomic E-state index is 6.22. The zero-order valence-electron chi connectivity index (χ0n) is 14.2. The lowest BCUT2D eigenvalue weighted by molar-refractivity contribution is 0.275. The standard InChI is InChI=1S/C21H22O2Si/c1-22-24(23-2)20(16-10-5-3-6-11-16)18-14-9-15-19(18)21(24)17-12-7-4-8-13-17/h3-8,10-13H,9,14-15H2,1-2H3. The van der Waals surface area contributed by atoms with Gasteiger partial charge in [-0.2, -0.15) is 0 Å². The van der Waals surface area contributed by atoms with Crippen molar-refractivity contribution in [3.05, 3.63) is 82.9 Å². The van der Waals surface area contributed by atoms with Crippen molar-refractivity contribution in [1.82, 2.24) is 0 Å². The van der Waals surface area contributed by atoms with Gasteiger partial charge < -0.3 is 8.85 Å². The number of benzene rings is 2. The van der Waals surface area contributed by atoms with E-state index in [1.54, 1.807) is 0 Å². The van der Waals surface area contributed by atoms with Crippen LogP contribution < -0.4 is 0 Å². The Hall–Kier alpha value is -1.94. The predicted molar refractivity (Wildman–Crippen MR) is 100 cm³/mol. The smallest absolute Gasteiger partial charge is 0.391 e. The summed E-state index contributed by atoms with van der Waals surface area (Å²) in [5.74, 6) is 0. The summed E-state index contributed by atoms with van der Waals surface area (Å²) in [6, 6.07) is 21.3. The first-order valence-corrected chi connectivity index (χ1v) is 10.3. The Morgan fingerprint density at radius 3 is 1.46 bits per heavy atom. The van der Waals surface area contributed by atoms with E-state index in [0.717, 1.165) is 12.8 Å². The molecule has 0 N–H and O–H groups in total. The second-order valence-electron chi connectivity index (χ2n) is 6.32. The molecule has 0 amide bonds. The number of hydrogen-bond acceptors (Lipinski definition) is 2. The van der Waals surface area contributed by atoms with Crippen LogP contribution in [0.5, 0.6) is 0 Å². The third kappa shape index (κ3) is 2.16. The van der Waals surface area contributed by atoms with Gasteiger partial charge in [0.05, 0.1) is 0 Å². The van der Waals surface area contributed by atoms with Gasteiger partial charge in [0.2, 0.25) is 0 Å². The van der Waals surface area contributed by atoms with Crippen LogP contribution in [0.1, 0.15) is 30.4 Å². The van der Waals surface area contributed by atoms with Gasteiger partial charge in [0, 0.05) is 24.6 Å². The molecule has 2 nitrogen and oxygen atoms in total. The summed E-state index contributed by atoms with van der Waals surface area (Å²) in [5, 5.41) is 2.64. The topological polar surface area (TPSA) is 18.5 Å². The van der Waals surface area contributed by atoms with E-state index in [2.05, 4.69) is 60.7 Å². The lowest BCUT2D eigenvalue weighted by Crippen LogP contribution is -2.42. The summed E-state index contributed by atoms with van der Waals surface area (Å²) in [6.45, 7) is 0. The van der Waals surface area contributed by atoms with Crippen LogP contribution in [0, 0.1) is 0 Å². The van der Waals surface area contributed by atoms with Crippen LogP contribution in [0.25, 0.3) is 10.4 Å². The van der Waals surface area contributed by atoms with E-state index in [1.807, 2.05) is 14.2 Å². The maximum atomic E-state index is 6.22. The van der Waals surface area contributed by atoms with Gasteiger partial charge in [-0.05, 0) is 41.5 Å². The average molecular weight is 334 g/mol. The highest BCUT2D eigenvalue weighted by molar-refractivity contribution is 7.03. The van der Waals surface area contributed by atoms with E-state index in [0.29, 0.717) is 0 Å². The second kappa shape index (κ2) is 6.17. The van der Waals surface area contributed by atoms with Crippen LogP contribution >= 0.6 is 0 Å². The Balaban J connectivity index is 1.98. The molecule has 3 heteroatoms. The van der Waals surface area contributed by atoms with Crippen molar-refractivity contribution in [2.75, 3.05) is 14.2 Å². The average Bonchev–Trinajstić information content (AvgIpc) is 3.20. The lowest BCUT2D eigenvalue weighted by Gasteiger charge is -2.30. The fourth-order valence-corrected chi connectivity index (χ4v) is 7.92. The Morgan fingerprint density at radius 1 is 0.667 bits per heavy atom. The first-order chi connectivity index (χ1) is 11.8. The van der Waals surface area contributed by atoms with E-state index < -0.39 is 8.56 Å². The van der Waals surface area contributed by atoms with Crippen molar-refractivity contribution in [2.24, 2.45) is 0 Å². The number of fused-ring (bicyclic) bond motifs is 1. The quantitative estimate of drug-likeness (QED) is 0.740. The van der Waals surface area contributed by atoms with Crippen LogP contribution in [0.2, 0.25) is 0 Å². The molecule has 1 heterocycles. The zero-order chi connectivity index (χ0) is 16.6. The highest BCUT2D eigenvalue weighted by atomic mass is 28.4. The van der Waals surface area contributed by atoms with E-state index in [9.17, 15) is 0 Å². The van der Waals surface area contributed by atoms with Gasteiger partial charge in [-0.15, -0.1) is 0 Å². The molecule has 0 saturated heterocycles. The molecule has 1 aliphatic heterocycles. The van der Waals surface area contributed by atoms with Crippen LogP contribution in [-0.2, 0) is 8.85 Å². The largest absolute Gasteiger partial charge is 0.408 e. The molecule has 0 radical (unpaired) electrons. The molecule has 2 aliphatic rings. The van der Waals surface area contributed by atoms with E-state index in [4.69, 9.17) is 8.85 Å². The molecule has 2 aromatic rings. The summed E-state index contributed by atoms with van der Waals surface area (Å²) in [7, 11) is 0.961. The third-order valence-electron chi connectivity index (χ3n) is 5.18. The number of rotatable bonds is 4. The van der Waals surface area contributed by atoms with Gasteiger partial charge in [-0.1, -0.05) is 60.7 Å². The molecule has 1 saturated carbocycles. The van der Waals surface area contributed by atoms with Gasteiger partial charge in [-0.25, -0.2) is 0 Å². The molecular formula is C21H22O2Si. The highest BCUT2D eigenvalue weighted by Gasteiger charge is 2.54. The molecule has 122 valence electrons. The van der Waals surface area contributed by atoms with Gasteiger partial charge in [-0.3, -0.25) is 0 Å². The minimum atomic E-state index is -2.66.